The van der Waals surface area contributed by atoms with Crippen molar-refractivity contribution in [3.05, 3.63) is 16.1 Å². The number of carbonyl (C=O) groups excluding carboxylic acids is 1. The summed E-state index contributed by atoms with van der Waals surface area (Å²) >= 11 is 1.50. The molecule has 7 heteroatoms. The van der Waals surface area contributed by atoms with E-state index in [4.69, 9.17) is 5.11 Å². The molecule has 0 aliphatic heterocycles. The highest BCUT2D eigenvalue weighted by molar-refractivity contribution is 7.09. The lowest BCUT2D eigenvalue weighted by Crippen LogP contribution is -2.38. The van der Waals surface area contributed by atoms with Gasteiger partial charge in [-0.2, -0.15) is 0 Å². The Labute approximate surface area is 116 Å². The van der Waals surface area contributed by atoms with E-state index in [1.807, 2.05) is 19.2 Å². The predicted octanol–water partition coefficient (Wildman–Crippen LogP) is 1.92. The van der Waals surface area contributed by atoms with Crippen molar-refractivity contribution in [2.24, 2.45) is 5.92 Å². The van der Waals surface area contributed by atoms with Crippen LogP contribution in [-0.4, -0.2) is 28.6 Å². The van der Waals surface area contributed by atoms with E-state index in [2.05, 4.69) is 15.6 Å². The minimum Gasteiger partial charge on any atom is -0.481 e. The Hall–Kier alpha value is -1.63. The molecule has 0 aromatic carbocycles. The van der Waals surface area contributed by atoms with Crippen molar-refractivity contribution >= 4 is 23.3 Å². The Balaban J connectivity index is 2.29. The van der Waals surface area contributed by atoms with Crippen LogP contribution in [0.5, 0.6) is 0 Å². The minimum absolute atomic E-state index is 0.157. The normalized spacial score (nSPS) is 13.6. The molecule has 1 heterocycles. The second-order valence-electron chi connectivity index (χ2n) is 4.48. The average molecular weight is 285 g/mol. The molecule has 0 saturated carbocycles. The molecule has 2 amide bonds. The zero-order valence-corrected chi connectivity index (χ0v) is 12.1. The summed E-state index contributed by atoms with van der Waals surface area (Å²) in [7, 11) is 0. The molecule has 3 N–H and O–H groups in total. The van der Waals surface area contributed by atoms with Gasteiger partial charge in [0, 0.05) is 17.6 Å². The third-order valence-corrected chi connectivity index (χ3v) is 3.78. The maximum absolute atomic E-state index is 11.6. The second-order valence-corrected chi connectivity index (χ2v) is 5.37. The van der Waals surface area contributed by atoms with Gasteiger partial charge in [-0.1, -0.05) is 6.92 Å². The van der Waals surface area contributed by atoms with Gasteiger partial charge >= 0.3 is 12.0 Å². The van der Waals surface area contributed by atoms with Gasteiger partial charge in [0.15, 0.2) is 0 Å². The summed E-state index contributed by atoms with van der Waals surface area (Å²) in [6.45, 7) is 5.71. The Morgan fingerprint density at radius 1 is 1.47 bits per heavy atom. The van der Waals surface area contributed by atoms with Crippen LogP contribution < -0.4 is 10.6 Å². The molecule has 106 valence electrons. The smallest absolute Gasteiger partial charge is 0.315 e. The van der Waals surface area contributed by atoms with E-state index < -0.39 is 11.9 Å². The third-order valence-electron chi connectivity index (χ3n) is 2.64. The largest absolute Gasteiger partial charge is 0.481 e. The number of amides is 2. The van der Waals surface area contributed by atoms with Gasteiger partial charge in [0.2, 0.25) is 0 Å². The number of aromatic nitrogens is 1. The first-order valence-corrected chi connectivity index (χ1v) is 6.97. The van der Waals surface area contributed by atoms with Crippen LogP contribution in [0.15, 0.2) is 5.38 Å². The number of rotatable bonds is 6. The highest BCUT2D eigenvalue weighted by Gasteiger charge is 2.14. The molecule has 6 nitrogen and oxygen atoms in total. The van der Waals surface area contributed by atoms with Gasteiger partial charge in [0.1, 0.15) is 5.01 Å². The number of aryl methyl sites for hydroxylation is 1. The van der Waals surface area contributed by atoms with Gasteiger partial charge in [-0.15, -0.1) is 11.3 Å². The summed E-state index contributed by atoms with van der Waals surface area (Å²) < 4.78 is 0. The molecule has 0 fully saturated rings. The van der Waals surface area contributed by atoms with E-state index in [0.29, 0.717) is 13.0 Å². The number of hydrogen-bond acceptors (Lipinski definition) is 4. The number of thiazole rings is 1. The molecular weight excluding hydrogens is 266 g/mol. The molecule has 2 unspecified atom stereocenters. The number of carboxylic acids is 1. The number of carboxylic acid groups (broad SMARTS) is 1. The van der Waals surface area contributed by atoms with Gasteiger partial charge in [-0.3, -0.25) is 4.79 Å². The number of nitrogens with zero attached hydrogens (tertiary/aromatic N) is 1. The van der Waals surface area contributed by atoms with Crippen LogP contribution in [0.2, 0.25) is 0 Å². The molecule has 1 rings (SSSR count). The first-order valence-electron chi connectivity index (χ1n) is 6.09. The van der Waals surface area contributed by atoms with Crippen molar-refractivity contribution < 1.29 is 14.7 Å². The molecule has 0 radical (unpaired) electrons. The molecule has 19 heavy (non-hydrogen) atoms. The van der Waals surface area contributed by atoms with Crippen LogP contribution in [0.1, 0.15) is 37.0 Å². The lowest BCUT2D eigenvalue weighted by molar-refractivity contribution is -0.141. The van der Waals surface area contributed by atoms with Crippen LogP contribution in [0.4, 0.5) is 4.79 Å². The summed E-state index contributed by atoms with van der Waals surface area (Å²) in [4.78, 5) is 26.5. The van der Waals surface area contributed by atoms with E-state index in [1.165, 1.54) is 11.3 Å². The fourth-order valence-electron chi connectivity index (χ4n) is 1.41. The van der Waals surface area contributed by atoms with Crippen LogP contribution in [-0.2, 0) is 4.79 Å². The molecule has 0 bridgehead atoms. The number of hydrogen-bond donors (Lipinski definition) is 3. The molecular formula is C12H19N3O3S. The summed E-state index contributed by atoms with van der Waals surface area (Å²) in [5.74, 6) is -1.31. The summed E-state index contributed by atoms with van der Waals surface area (Å²) in [6, 6.07) is -0.464. The van der Waals surface area contributed by atoms with Crippen molar-refractivity contribution in [2.45, 2.75) is 33.2 Å². The Kier molecular flexibility index (Phi) is 5.75. The Morgan fingerprint density at radius 2 is 2.16 bits per heavy atom. The lowest BCUT2D eigenvalue weighted by atomic mass is 10.1. The van der Waals surface area contributed by atoms with E-state index in [1.54, 1.807) is 6.92 Å². The van der Waals surface area contributed by atoms with Crippen molar-refractivity contribution in [1.82, 2.24) is 15.6 Å². The van der Waals surface area contributed by atoms with Gasteiger partial charge in [-0.05, 0) is 20.3 Å². The van der Waals surface area contributed by atoms with Crippen molar-refractivity contribution in [3.8, 4) is 0 Å². The zero-order valence-electron chi connectivity index (χ0n) is 11.3. The topological polar surface area (TPSA) is 91.3 Å². The zero-order chi connectivity index (χ0) is 14.4. The molecule has 1 aromatic rings. The molecule has 2 atom stereocenters. The minimum atomic E-state index is -0.853. The van der Waals surface area contributed by atoms with Crippen molar-refractivity contribution in [3.63, 3.8) is 0 Å². The maximum atomic E-state index is 11.6. The van der Waals surface area contributed by atoms with Crippen LogP contribution in [0.25, 0.3) is 0 Å². The van der Waals surface area contributed by atoms with E-state index in [0.717, 1.165) is 10.7 Å². The lowest BCUT2D eigenvalue weighted by Gasteiger charge is -2.13. The van der Waals surface area contributed by atoms with Crippen LogP contribution >= 0.6 is 11.3 Å². The monoisotopic (exact) mass is 285 g/mol. The molecule has 0 aliphatic rings. The Bertz CT molecular complexity index is 447. The predicted molar refractivity (Wildman–Crippen MR) is 73.2 cm³/mol. The highest BCUT2D eigenvalue weighted by Crippen LogP contribution is 2.16. The molecule has 0 aliphatic carbocycles. The fourth-order valence-corrected chi connectivity index (χ4v) is 2.21. The molecule has 0 saturated heterocycles. The number of aliphatic carboxylic acids is 1. The maximum Gasteiger partial charge on any atom is 0.315 e. The van der Waals surface area contributed by atoms with Crippen LogP contribution in [0, 0.1) is 12.8 Å². The second kappa shape index (κ2) is 7.08. The standard InChI is InChI=1S/C12H19N3O3S/c1-7(11(16)17)4-5-13-12(18)15-9(3)10-14-8(2)6-19-10/h6-7,9H,4-5H2,1-3H3,(H,16,17)(H2,13,15,18). The summed E-state index contributed by atoms with van der Waals surface area (Å²) in [5, 5.41) is 16.9. The number of carbonyl (C=O) groups is 2. The van der Waals surface area contributed by atoms with E-state index in [9.17, 15) is 9.59 Å². The molecule has 0 spiro atoms. The van der Waals surface area contributed by atoms with Crippen molar-refractivity contribution in [2.75, 3.05) is 6.54 Å². The van der Waals surface area contributed by atoms with Gasteiger partial charge in [0.25, 0.3) is 0 Å². The summed E-state index contributed by atoms with van der Waals surface area (Å²) in [6.07, 6.45) is 0.410. The average Bonchev–Trinajstić information content (AvgIpc) is 2.75. The fraction of sp³-hybridized carbons (Fsp3) is 0.583. The SMILES string of the molecule is Cc1csc(C(C)NC(=O)NCCC(C)C(=O)O)n1. The third kappa shape index (κ3) is 5.25. The highest BCUT2D eigenvalue weighted by atomic mass is 32.1. The van der Waals surface area contributed by atoms with E-state index >= 15 is 0 Å². The number of nitrogens with one attached hydrogen (secondary N) is 2. The van der Waals surface area contributed by atoms with Crippen molar-refractivity contribution in [1.29, 1.82) is 0 Å². The van der Waals surface area contributed by atoms with Crippen LogP contribution in [0.3, 0.4) is 0 Å². The summed E-state index contributed by atoms with van der Waals surface area (Å²) in [5.41, 5.74) is 0.935. The van der Waals surface area contributed by atoms with Gasteiger partial charge < -0.3 is 15.7 Å². The van der Waals surface area contributed by atoms with E-state index in [-0.39, 0.29) is 12.1 Å². The Morgan fingerprint density at radius 3 is 2.68 bits per heavy atom. The first kappa shape index (κ1) is 15.4. The quantitative estimate of drug-likeness (QED) is 0.744. The first-order chi connectivity index (χ1) is 8.90. The number of urea groups is 1. The molecule has 1 aromatic heterocycles. The van der Waals surface area contributed by atoms with Gasteiger partial charge in [0.05, 0.1) is 12.0 Å². The van der Waals surface area contributed by atoms with Gasteiger partial charge in [-0.25, -0.2) is 9.78 Å².